The molecule has 4 heteroatoms. The highest BCUT2D eigenvalue weighted by Crippen LogP contribution is 2.32. The summed E-state index contributed by atoms with van der Waals surface area (Å²) in [7, 11) is 2.12. The van der Waals surface area contributed by atoms with E-state index in [1.165, 1.54) is 0 Å². The van der Waals surface area contributed by atoms with Crippen LogP contribution in [0, 0.1) is 5.92 Å². The van der Waals surface area contributed by atoms with Crippen molar-refractivity contribution >= 4 is 5.91 Å². The molecule has 0 aromatic heterocycles. The van der Waals surface area contributed by atoms with Gasteiger partial charge in [-0.3, -0.25) is 9.69 Å². The van der Waals surface area contributed by atoms with Crippen LogP contribution in [-0.2, 0) is 4.79 Å². The first-order valence-electron chi connectivity index (χ1n) is 5.91. The second-order valence-electron chi connectivity index (χ2n) is 4.79. The Morgan fingerprint density at radius 1 is 1.47 bits per heavy atom. The molecule has 2 fully saturated rings. The molecule has 0 aromatic carbocycles. The van der Waals surface area contributed by atoms with E-state index in [9.17, 15) is 4.79 Å². The van der Waals surface area contributed by atoms with E-state index in [-0.39, 0.29) is 0 Å². The fourth-order valence-corrected chi connectivity index (χ4v) is 2.03. The van der Waals surface area contributed by atoms with Crippen molar-refractivity contribution in [3.05, 3.63) is 0 Å². The summed E-state index contributed by atoms with van der Waals surface area (Å²) in [4.78, 5) is 16.0. The van der Waals surface area contributed by atoms with Gasteiger partial charge in [0.05, 0.1) is 0 Å². The highest BCUT2D eigenvalue weighted by Gasteiger charge is 2.40. The van der Waals surface area contributed by atoms with E-state index in [1.54, 1.807) is 0 Å². The molecule has 2 aliphatic rings. The van der Waals surface area contributed by atoms with Crippen molar-refractivity contribution in [1.82, 2.24) is 9.80 Å². The number of nitrogens with two attached hydrogens (primary N) is 1. The topological polar surface area (TPSA) is 49.6 Å². The lowest BCUT2D eigenvalue weighted by molar-refractivity contribution is -0.139. The summed E-state index contributed by atoms with van der Waals surface area (Å²) in [5.41, 5.74) is 5.47. The van der Waals surface area contributed by atoms with Crippen molar-refractivity contribution in [1.29, 1.82) is 0 Å². The first kappa shape index (κ1) is 10.9. The Kier molecular flexibility index (Phi) is 3.26. The van der Waals surface area contributed by atoms with Gasteiger partial charge in [-0.1, -0.05) is 0 Å². The standard InChI is InChI=1S/C11H21N3O/c1-13(6-2-5-12)10-7-14(8-10)11(15)9-3-4-9/h9-10H,2-8,12H2,1H3. The quantitative estimate of drug-likeness (QED) is 0.690. The number of carbonyl (C=O) groups is 1. The van der Waals surface area contributed by atoms with E-state index in [2.05, 4.69) is 11.9 Å². The molecule has 4 nitrogen and oxygen atoms in total. The summed E-state index contributed by atoms with van der Waals surface area (Å²) >= 11 is 0. The molecule has 2 N–H and O–H groups in total. The van der Waals surface area contributed by atoms with Gasteiger partial charge in [0, 0.05) is 25.0 Å². The molecule has 15 heavy (non-hydrogen) atoms. The zero-order chi connectivity index (χ0) is 10.8. The lowest BCUT2D eigenvalue weighted by Crippen LogP contribution is -2.60. The van der Waals surface area contributed by atoms with Gasteiger partial charge in [0.25, 0.3) is 0 Å². The molecule has 0 radical (unpaired) electrons. The minimum atomic E-state index is 0.375. The van der Waals surface area contributed by atoms with Crippen molar-refractivity contribution in [2.45, 2.75) is 25.3 Å². The van der Waals surface area contributed by atoms with Crippen LogP contribution < -0.4 is 5.73 Å². The monoisotopic (exact) mass is 211 g/mol. The highest BCUT2D eigenvalue weighted by atomic mass is 16.2. The van der Waals surface area contributed by atoms with Gasteiger partial charge < -0.3 is 10.6 Å². The molecule has 1 saturated carbocycles. The number of nitrogens with zero attached hydrogens (tertiary/aromatic N) is 2. The lowest BCUT2D eigenvalue weighted by Gasteiger charge is -2.44. The second kappa shape index (κ2) is 4.49. The number of amides is 1. The summed E-state index contributed by atoms with van der Waals surface area (Å²) in [6.07, 6.45) is 3.27. The van der Waals surface area contributed by atoms with E-state index in [0.717, 1.165) is 45.4 Å². The lowest BCUT2D eigenvalue weighted by atomic mass is 10.1. The Labute approximate surface area is 91.4 Å². The smallest absolute Gasteiger partial charge is 0.225 e. The van der Waals surface area contributed by atoms with Crippen molar-refractivity contribution in [2.24, 2.45) is 11.7 Å². The Morgan fingerprint density at radius 3 is 2.67 bits per heavy atom. The number of likely N-dealkylation sites (tertiary alicyclic amines) is 1. The zero-order valence-corrected chi connectivity index (χ0v) is 9.48. The van der Waals surface area contributed by atoms with Crippen molar-refractivity contribution in [3.8, 4) is 0 Å². The molecule has 1 aliphatic carbocycles. The van der Waals surface area contributed by atoms with Crippen LogP contribution in [0.1, 0.15) is 19.3 Å². The molecular formula is C11H21N3O. The molecule has 0 unspecified atom stereocenters. The first-order valence-corrected chi connectivity index (χ1v) is 5.91. The molecule has 1 aliphatic heterocycles. The maximum atomic E-state index is 11.7. The van der Waals surface area contributed by atoms with Crippen LogP contribution in [-0.4, -0.2) is 55.0 Å². The highest BCUT2D eigenvalue weighted by molar-refractivity contribution is 5.81. The van der Waals surface area contributed by atoms with Gasteiger partial charge in [-0.15, -0.1) is 0 Å². The van der Waals surface area contributed by atoms with Crippen LogP contribution in [0.3, 0.4) is 0 Å². The van der Waals surface area contributed by atoms with Gasteiger partial charge in [0.1, 0.15) is 0 Å². The molecule has 0 aromatic rings. The molecule has 86 valence electrons. The number of rotatable bonds is 5. The van der Waals surface area contributed by atoms with Gasteiger partial charge in [-0.25, -0.2) is 0 Å². The normalized spacial score (nSPS) is 21.9. The Morgan fingerprint density at radius 2 is 2.13 bits per heavy atom. The fraction of sp³-hybridized carbons (Fsp3) is 0.909. The minimum Gasteiger partial charge on any atom is -0.339 e. The van der Waals surface area contributed by atoms with E-state index in [4.69, 9.17) is 5.73 Å². The average molecular weight is 211 g/mol. The minimum absolute atomic E-state index is 0.375. The third-order valence-corrected chi connectivity index (χ3v) is 3.44. The van der Waals surface area contributed by atoms with E-state index in [0.29, 0.717) is 17.9 Å². The van der Waals surface area contributed by atoms with E-state index < -0.39 is 0 Å². The molecule has 0 atom stereocenters. The van der Waals surface area contributed by atoms with E-state index in [1.807, 2.05) is 4.90 Å². The molecule has 1 amide bonds. The summed E-state index contributed by atoms with van der Waals surface area (Å²) < 4.78 is 0. The third-order valence-electron chi connectivity index (χ3n) is 3.44. The Balaban J connectivity index is 1.65. The van der Waals surface area contributed by atoms with Crippen molar-refractivity contribution in [2.75, 3.05) is 33.2 Å². The molecule has 1 heterocycles. The number of likely N-dealkylation sites (N-methyl/N-ethyl adjacent to an activating group) is 1. The summed E-state index contributed by atoms with van der Waals surface area (Å²) in [6, 6.07) is 0.569. The molecule has 0 spiro atoms. The average Bonchev–Trinajstić information content (AvgIpc) is 2.94. The van der Waals surface area contributed by atoms with Gasteiger partial charge >= 0.3 is 0 Å². The molecular weight excluding hydrogens is 190 g/mol. The van der Waals surface area contributed by atoms with Crippen LogP contribution in [0.5, 0.6) is 0 Å². The summed E-state index contributed by atoms with van der Waals surface area (Å²) in [5.74, 6) is 0.763. The van der Waals surface area contributed by atoms with Crippen LogP contribution in [0.25, 0.3) is 0 Å². The van der Waals surface area contributed by atoms with E-state index >= 15 is 0 Å². The summed E-state index contributed by atoms with van der Waals surface area (Å²) in [6.45, 7) is 3.65. The van der Waals surface area contributed by atoms with Crippen LogP contribution in [0.2, 0.25) is 0 Å². The van der Waals surface area contributed by atoms with Gasteiger partial charge in [-0.2, -0.15) is 0 Å². The van der Waals surface area contributed by atoms with Gasteiger partial charge in [-0.05, 0) is 39.4 Å². The van der Waals surface area contributed by atoms with Crippen LogP contribution in [0.4, 0.5) is 0 Å². The fourth-order valence-electron chi connectivity index (χ4n) is 2.03. The Bertz CT molecular complexity index is 234. The summed E-state index contributed by atoms with van der Waals surface area (Å²) in [5, 5.41) is 0. The largest absolute Gasteiger partial charge is 0.339 e. The maximum Gasteiger partial charge on any atom is 0.225 e. The predicted molar refractivity (Wildman–Crippen MR) is 59.4 cm³/mol. The zero-order valence-electron chi connectivity index (χ0n) is 9.48. The predicted octanol–water partition coefficient (Wildman–Crippen LogP) is -0.112. The SMILES string of the molecule is CN(CCCN)C1CN(C(=O)C2CC2)C1. The first-order chi connectivity index (χ1) is 7.22. The third kappa shape index (κ3) is 2.49. The van der Waals surface area contributed by atoms with Crippen LogP contribution >= 0.6 is 0 Å². The maximum absolute atomic E-state index is 11.7. The molecule has 1 saturated heterocycles. The number of carbonyl (C=O) groups excluding carboxylic acids is 1. The number of hydrogen-bond acceptors (Lipinski definition) is 3. The van der Waals surface area contributed by atoms with Crippen molar-refractivity contribution < 1.29 is 4.79 Å². The molecule has 0 bridgehead atoms. The number of hydrogen-bond donors (Lipinski definition) is 1. The molecule has 2 rings (SSSR count). The van der Waals surface area contributed by atoms with Gasteiger partial charge in [0.2, 0.25) is 5.91 Å². The second-order valence-corrected chi connectivity index (χ2v) is 4.79. The van der Waals surface area contributed by atoms with Gasteiger partial charge in [0.15, 0.2) is 0 Å². The van der Waals surface area contributed by atoms with Crippen molar-refractivity contribution in [3.63, 3.8) is 0 Å². The Hall–Kier alpha value is -0.610. The van der Waals surface area contributed by atoms with Crippen LogP contribution in [0.15, 0.2) is 0 Å².